The number of nitrogens with one attached hydrogen (secondary N) is 1. The van der Waals surface area contributed by atoms with Gasteiger partial charge in [0.2, 0.25) is 0 Å². The van der Waals surface area contributed by atoms with Gasteiger partial charge in [0, 0.05) is 39.1 Å². The Morgan fingerprint density at radius 3 is 2.33 bits per heavy atom. The van der Waals surface area contributed by atoms with E-state index in [4.69, 9.17) is 4.74 Å². The average molecular weight is 235 g/mol. The summed E-state index contributed by atoms with van der Waals surface area (Å²) in [5.41, 5.74) is 0. The highest BCUT2D eigenvalue weighted by atomic mass is 35.5. The van der Waals surface area contributed by atoms with Gasteiger partial charge in [-0.05, 0) is 12.8 Å². The Labute approximate surface area is 96.7 Å². The van der Waals surface area contributed by atoms with Crippen molar-refractivity contribution in [1.29, 1.82) is 0 Å². The van der Waals surface area contributed by atoms with Gasteiger partial charge in [0.1, 0.15) is 6.10 Å². The molecular weight excluding hydrogens is 216 g/mol. The van der Waals surface area contributed by atoms with E-state index in [2.05, 4.69) is 10.2 Å². The molecule has 0 unspecified atom stereocenters. The van der Waals surface area contributed by atoms with E-state index in [1.165, 1.54) is 6.92 Å². The van der Waals surface area contributed by atoms with Crippen LogP contribution in [0.2, 0.25) is 0 Å². The van der Waals surface area contributed by atoms with E-state index in [-0.39, 0.29) is 24.5 Å². The zero-order valence-corrected chi connectivity index (χ0v) is 9.89. The van der Waals surface area contributed by atoms with Gasteiger partial charge in [-0.1, -0.05) is 0 Å². The minimum Gasteiger partial charge on any atom is -0.462 e. The lowest BCUT2D eigenvalue weighted by molar-refractivity contribution is -0.148. The topological polar surface area (TPSA) is 41.6 Å². The van der Waals surface area contributed by atoms with Crippen molar-refractivity contribution in [3.63, 3.8) is 0 Å². The molecular formula is C10H19ClN2O2. The van der Waals surface area contributed by atoms with Crippen molar-refractivity contribution in [2.24, 2.45) is 0 Å². The predicted octanol–water partition coefficient (Wildman–Crippen LogP) is 0.407. The normalized spacial score (nSPS) is 24.1. The summed E-state index contributed by atoms with van der Waals surface area (Å²) in [6.45, 7) is 5.88. The number of halogens is 1. The first-order valence-electron chi connectivity index (χ1n) is 5.37. The maximum Gasteiger partial charge on any atom is 0.302 e. The fourth-order valence-corrected chi connectivity index (χ4v) is 2.13. The maximum absolute atomic E-state index is 10.7. The molecule has 0 radical (unpaired) electrons. The number of ether oxygens (including phenoxy) is 1. The highest BCUT2D eigenvalue weighted by molar-refractivity contribution is 5.85. The van der Waals surface area contributed by atoms with Crippen molar-refractivity contribution in [2.75, 3.05) is 26.2 Å². The second-order valence-electron chi connectivity index (χ2n) is 4.16. The summed E-state index contributed by atoms with van der Waals surface area (Å²) >= 11 is 0. The van der Waals surface area contributed by atoms with Crippen molar-refractivity contribution in [3.8, 4) is 0 Å². The van der Waals surface area contributed by atoms with Gasteiger partial charge in [-0.2, -0.15) is 0 Å². The van der Waals surface area contributed by atoms with Crippen LogP contribution in [0.3, 0.4) is 0 Å². The first kappa shape index (κ1) is 12.7. The molecule has 2 aliphatic heterocycles. The Hall–Kier alpha value is -0.320. The van der Waals surface area contributed by atoms with Crippen LogP contribution in [-0.4, -0.2) is 49.2 Å². The van der Waals surface area contributed by atoms with Crippen molar-refractivity contribution in [3.05, 3.63) is 0 Å². The molecule has 0 aromatic carbocycles. The third kappa shape index (κ3) is 3.33. The summed E-state index contributed by atoms with van der Waals surface area (Å²) in [7, 11) is 0. The molecule has 2 heterocycles. The molecule has 0 bridgehead atoms. The Kier molecular flexibility index (Phi) is 4.83. The number of likely N-dealkylation sites (tertiary alicyclic amines) is 1. The van der Waals surface area contributed by atoms with Crippen LogP contribution in [0.25, 0.3) is 0 Å². The molecule has 0 aromatic rings. The summed E-state index contributed by atoms with van der Waals surface area (Å²) in [4.78, 5) is 13.2. The third-order valence-electron chi connectivity index (χ3n) is 3.09. The van der Waals surface area contributed by atoms with Crippen LogP contribution in [0.5, 0.6) is 0 Å². The van der Waals surface area contributed by atoms with Gasteiger partial charge in [-0.15, -0.1) is 12.4 Å². The van der Waals surface area contributed by atoms with E-state index in [0.29, 0.717) is 0 Å². The van der Waals surface area contributed by atoms with Gasteiger partial charge >= 0.3 is 5.97 Å². The summed E-state index contributed by atoms with van der Waals surface area (Å²) in [5, 5.41) is 3.27. The molecule has 0 aromatic heterocycles. The molecule has 15 heavy (non-hydrogen) atoms. The SMILES string of the molecule is CC(=O)OC1CCN(C2CNC2)CC1.Cl. The highest BCUT2D eigenvalue weighted by Gasteiger charge is 2.29. The molecule has 2 rings (SSSR count). The molecule has 0 atom stereocenters. The number of carbonyl (C=O) groups excluding carboxylic acids is 1. The lowest BCUT2D eigenvalue weighted by atomic mass is 10.0. The minimum absolute atomic E-state index is 0. The standard InChI is InChI=1S/C10H18N2O2.ClH/c1-8(13)14-10-2-4-12(5-3-10)9-6-11-7-9;/h9-11H,2-7H2,1H3;1H. The van der Waals surface area contributed by atoms with Crippen molar-refractivity contribution >= 4 is 18.4 Å². The van der Waals surface area contributed by atoms with Crippen LogP contribution in [0.15, 0.2) is 0 Å². The van der Waals surface area contributed by atoms with E-state index in [1.54, 1.807) is 0 Å². The average Bonchev–Trinajstić information content (AvgIpc) is 2.04. The van der Waals surface area contributed by atoms with Crippen LogP contribution in [0, 0.1) is 0 Å². The number of rotatable bonds is 2. The van der Waals surface area contributed by atoms with Crippen molar-refractivity contribution in [2.45, 2.75) is 31.9 Å². The number of esters is 1. The number of hydrogen-bond acceptors (Lipinski definition) is 4. The molecule has 88 valence electrons. The van der Waals surface area contributed by atoms with Crippen molar-refractivity contribution in [1.82, 2.24) is 10.2 Å². The highest BCUT2D eigenvalue weighted by Crippen LogP contribution is 2.17. The number of carbonyl (C=O) groups is 1. The van der Waals surface area contributed by atoms with Gasteiger partial charge in [0.05, 0.1) is 0 Å². The van der Waals surface area contributed by atoms with E-state index in [1.807, 2.05) is 0 Å². The van der Waals surface area contributed by atoms with Crippen LogP contribution in [0.1, 0.15) is 19.8 Å². The van der Waals surface area contributed by atoms with E-state index in [9.17, 15) is 4.79 Å². The summed E-state index contributed by atoms with van der Waals surface area (Å²) in [5.74, 6) is -0.145. The Bertz CT molecular complexity index is 213. The predicted molar refractivity (Wildman–Crippen MR) is 60.3 cm³/mol. The molecule has 4 nitrogen and oxygen atoms in total. The summed E-state index contributed by atoms with van der Waals surface area (Å²) in [6, 6.07) is 0.730. The Balaban J connectivity index is 0.00000112. The molecule has 0 spiro atoms. The lowest BCUT2D eigenvalue weighted by Gasteiger charge is -2.41. The lowest BCUT2D eigenvalue weighted by Crippen LogP contribution is -2.59. The minimum atomic E-state index is -0.145. The van der Waals surface area contributed by atoms with Crippen molar-refractivity contribution < 1.29 is 9.53 Å². The van der Waals surface area contributed by atoms with Crippen LogP contribution in [0.4, 0.5) is 0 Å². The zero-order chi connectivity index (χ0) is 9.97. The van der Waals surface area contributed by atoms with E-state index in [0.717, 1.165) is 45.1 Å². The molecule has 2 saturated heterocycles. The first-order valence-corrected chi connectivity index (χ1v) is 5.37. The second-order valence-corrected chi connectivity index (χ2v) is 4.16. The van der Waals surface area contributed by atoms with Gasteiger partial charge in [0.15, 0.2) is 0 Å². The summed E-state index contributed by atoms with van der Waals surface area (Å²) < 4.78 is 5.19. The maximum atomic E-state index is 10.7. The fourth-order valence-electron chi connectivity index (χ4n) is 2.13. The Morgan fingerprint density at radius 1 is 1.33 bits per heavy atom. The zero-order valence-electron chi connectivity index (χ0n) is 9.07. The molecule has 2 aliphatic rings. The van der Waals surface area contributed by atoms with Crippen LogP contribution >= 0.6 is 12.4 Å². The van der Waals surface area contributed by atoms with Gasteiger partial charge < -0.3 is 10.1 Å². The second kappa shape index (κ2) is 5.68. The van der Waals surface area contributed by atoms with Gasteiger partial charge in [0.25, 0.3) is 0 Å². The van der Waals surface area contributed by atoms with E-state index < -0.39 is 0 Å². The molecule has 2 fully saturated rings. The monoisotopic (exact) mass is 234 g/mol. The molecule has 0 amide bonds. The largest absolute Gasteiger partial charge is 0.462 e. The van der Waals surface area contributed by atoms with E-state index >= 15 is 0 Å². The summed E-state index contributed by atoms with van der Waals surface area (Å²) in [6.07, 6.45) is 2.16. The van der Waals surface area contributed by atoms with Crippen LogP contribution < -0.4 is 5.32 Å². The van der Waals surface area contributed by atoms with Crippen LogP contribution in [-0.2, 0) is 9.53 Å². The van der Waals surface area contributed by atoms with Gasteiger partial charge in [-0.3, -0.25) is 9.69 Å². The number of piperidine rings is 1. The Morgan fingerprint density at radius 2 is 1.93 bits per heavy atom. The fraction of sp³-hybridized carbons (Fsp3) is 0.900. The quantitative estimate of drug-likeness (QED) is 0.703. The number of hydrogen-bond donors (Lipinski definition) is 1. The third-order valence-corrected chi connectivity index (χ3v) is 3.09. The molecule has 0 aliphatic carbocycles. The molecule has 0 saturated carbocycles. The molecule has 1 N–H and O–H groups in total. The smallest absolute Gasteiger partial charge is 0.302 e. The number of nitrogens with zero attached hydrogens (tertiary/aromatic N) is 1. The molecule has 5 heteroatoms. The van der Waals surface area contributed by atoms with Gasteiger partial charge in [-0.25, -0.2) is 0 Å². The first-order chi connectivity index (χ1) is 6.75.